The van der Waals surface area contributed by atoms with Crippen molar-refractivity contribution >= 4 is 26.0 Å². The summed E-state index contributed by atoms with van der Waals surface area (Å²) in [6.07, 6.45) is 3.30. The van der Waals surface area contributed by atoms with Crippen LogP contribution in [0.15, 0.2) is 40.0 Å². The number of nitrogens with two attached hydrogens (primary N) is 1. The third kappa shape index (κ3) is 3.88. The zero-order valence-electron chi connectivity index (χ0n) is 11.0. The number of hydrogen-bond donors (Lipinski definition) is 2. The van der Waals surface area contributed by atoms with Gasteiger partial charge in [-0.1, -0.05) is 15.9 Å². The van der Waals surface area contributed by atoms with Crippen molar-refractivity contribution in [3.8, 4) is 0 Å². The zero-order chi connectivity index (χ0) is 15.5. The fraction of sp³-hybridized carbons (Fsp3) is 0.250. The van der Waals surface area contributed by atoms with Crippen molar-refractivity contribution in [3.05, 3.63) is 46.4 Å². The second-order valence-electron chi connectivity index (χ2n) is 4.25. The van der Waals surface area contributed by atoms with Gasteiger partial charge in [-0.2, -0.15) is 5.10 Å². The number of nitrogens with one attached hydrogen (secondary N) is 1. The van der Waals surface area contributed by atoms with Crippen LogP contribution in [0.5, 0.6) is 0 Å². The smallest absolute Gasteiger partial charge is 0.243 e. The van der Waals surface area contributed by atoms with Gasteiger partial charge in [-0.15, -0.1) is 0 Å². The summed E-state index contributed by atoms with van der Waals surface area (Å²) in [5.74, 6) is -0.827. The van der Waals surface area contributed by atoms with E-state index in [2.05, 4.69) is 25.8 Å². The molecular formula is C12H14BrFN4O2S. The van der Waals surface area contributed by atoms with Crippen LogP contribution in [0, 0.1) is 5.82 Å². The topological polar surface area (TPSA) is 90.0 Å². The van der Waals surface area contributed by atoms with E-state index < -0.39 is 20.7 Å². The van der Waals surface area contributed by atoms with Crippen LogP contribution in [-0.4, -0.2) is 24.7 Å². The van der Waals surface area contributed by atoms with Gasteiger partial charge in [0, 0.05) is 35.5 Å². The summed E-state index contributed by atoms with van der Waals surface area (Å²) < 4.78 is 42.8. The zero-order valence-corrected chi connectivity index (χ0v) is 13.4. The molecule has 0 amide bonds. The normalized spacial score (nSPS) is 11.8. The Morgan fingerprint density at radius 1 is 1.43 bits per heavy atom. The Kier molecular flexibility index (Phi) is 5.09. The molecule has 0 bridgehead atoms. The van der Waals surface area contributed by atoms with Crippen molar-refractivity contribution in [2.24, 2.45) is 5.73 Å². The highest BCUT2D eigenvalue weighted by Crippen LogP contribution is 2.23. The first-order valence-electron chi connectivity index (χ1n) is 6.09. The Morgan fingerprint density at radius 2 is 2.19 bits per heavy atom. The summed E-state index contributed by atoms with van der Waals surface area (Å²) in [7, 11) is -3.95. The fourth-order valence-corrected chi connectivity index (χ4v) is 3.59. The molecule has 6 nitrogen and oxygen atoms in total. The van der Waals surface area contributed by atoms with Crippen molar-refractivity contribution in [1.82, 2.24) is 14.5 Å². The molecule has 21 heavy (non-hydrogen) atoms. The third-order valence-corrected chi connectivity index (χ3v) is 4.70. The Labute approximate surface area is 130 Å². The van der Waals surface area contributed by atoms with Crippen LogP contribution in [0.4, 0.5) is 4.39 Å². The maximum atomic E-state index is 14.1. The van der Waals surface area contributed by atoms with Crippen LogP contribution in [0.3, 0.4) is 0 Å². The van der Waals surface area contributed by atoms with E-state index in [0.717, 1.165) is 0 Å². The van der Waals surface area contributed by atoms with Crippen molar-refractivity contribution in [1.29, 1.82) is 0 Å². The molecule has 114 valence electrons. The van der Waals surface area contributed by atoms with E-state index in [1.807, 2.05) is 0 Å². The molecule has 1 aromatic heterocycles. The van der Waals surface area contributed by atoms with Gasteiger partial charge in [-0.05, 0) is 18.2 Å². The number of aromatic nitrogens is 2. The molecule has 0 radical (unpaired) electrons. The van der Waals surface area contributed by atoms with E-state index in [0.29, 0.717) is 11.0 Å². The quantitative estimate of drug-likeness (QED) is 0.792. The first-order chi connectivity index (χ1) is 9.94. The van der Waals surface area contributed by atoms with E-state index in [-0.39, 0.29) is 18.7 Å². The lowest BCUT2D eigenvalue weighted by atomic mass is 10.2. The van der Waals surface area contributed by atoms with Gasteiger partial charge in [0.15, 0.2) is 0 Å². The first-order valence-corrected chi connectivity index (χ1v) is 8.37. The Bertz CT molecular complexity index is 719. The largest absolute Gasteiger partial charge is 0.326 e. The molecule has 0 unspecified atom stereocenters. The lowest BCUT2D eigenvalue weighted by Gasteiger charge is -2.10. The summed E-state index contributed by atoms with van der Waals surface area (Å²) in [5.41, 5.74) is 5.54. The second-order valence-corrected chi connectivity index (χ2v) is 6.90. The number of nitrogens with zero attached hydrogens (tertiary/aromatic N) is 2. The fourth-order valence-electron chi connectivity index (χ4n) is 1.77. The van der Waals surface area contributed by atoms with Gasteiger partial charge in [0.1, 0.15) is 10.7 Å². The maximum Gasteiger partial charge on any atom is 0.243 e. The third-order valence-electron chi connectivity index (χ3n) is 2.78. The van der Waals surface area contributed by atoms with E-state index in [1.54, 1.807) is 23.1 Å². The Morgan fingerprint density at radius 3 is 2.81 bits per heavy atom. The van der Waals surface area contributed by atoms with Crippen LogP contribution in [0.25, 0.3) is 0 Å². The predicted molar refractivity (Wildman–Crippen MR) is 79.4 cm³/mol. The summed E-state index contributed by atoms with van der Waals surface area (Å²) >= 11 is 3.15. The first kappa shape index (κ1) is 16.1. The number of sulfonamides is 1. The van der Waals surface area contributed by atoms with Crippen molar-refractivity contribution in [3.63, 3.8) is 0 Å². The van der Waals surface area contributed by atoms with Crippen LogP contribution in [0.2, 0.25) is 0 Å². The number of hydrogen-bond acceptors (Lipinski definition) is 4. The highest BCUT2D eigenvalue weighted by Gasteiger charge is 2.21. The molecule has 9 heteroatoms. The van der Waals surface area contributed by atoms with Crippen LogP contribution in [-0.2, 0) is 23.1 Å². The minimum atomic E-state index is -3.95. The summed E-state index contributed by atoms with van der Waals surface area (Å²) in [6.45, 7) is 0.376. The van der Waals surface area contributed by atoms with Crippen LogP contribution in [0.1, 0.15) is 5.56 Å². The number of rotatable bonds is 6. The van der Waals surface area contributed by atoms with Crippen molar-refractivity contribution in [2.75, 3.05) is 6.54 Å². The average Bonchev–Trinajstić information content (AvgIpc) is 2.93. The highest BCUT2D eigenvalue weighted by molar-refractivity contribution is 9.10. The molecule has 0 aliphatic rings. The average molecular weight is 377 g/mol. The summed E-state index contributed by atoms with van der Waals surface area (Å²) in [6, 6.07) is 4.40. The number of halogens is 2. The molecule has 3 N–H and O–H groups in total. The van der Waals surface area contributed by atoms with Crippen LogP contribution < -0.4 is 10.5 Å². The molecule has 0 saturated carbocycles. The van der Waals surface area contributed by atoms with E-state index >= 15 is 0 Å². The van der Waals surface area contributed by atoms with Crippen molar-refractivity contribution in [2.45, 2.75) is 18.0 Å². The molecule has 1 heterocycles. The number of benzene rings is 1. The van der Waals surface area contributed by atoms with Gasteiger partial charge >= 0.3 is 0 Å². The molecule has 0 spiro atoms. The maximum absolute atomic E-state index is 14.1. The second kappa shape index (κ2) is 6.65. The SMILES string of the molecule is NCc1cc(Br)cc(S(=O)(=O)NCCn2cccn2)c1F. The monoisotopic (exact) mass is 376 g/mol. The molecule has 2 aromatic rings. The highest BCUT2D eigenvalue weighted by atomic mass is 79.9. The van der Waals surface area contributed by atoms with E-state index in [4.69, 9.17) is 5.73 Å². The molecule has 0 aliphatic heterocycles. The molecule has 0 atom stereocenters. The lowest BCUT2D eigenvalue weighted by Crippen LogP contribution is -2.28. The van der Waals surface area contributed by atoms with Crippen LogP contribution >= 0.6 is 15.9 Å². The summed E-state index contributed by atoms with van der Waals surface area (Å²) in [4.78, 5) is -0.419. The molecule has 0 fully saturated rings. The van der Waals surface area contributed by atoms with Gasteiger partial charge in [0.25, 0.3) is 0 Å². The molecule has 2 rings (SSSR count). The summed E-state index contributed by atoms with van der Waals surface area (Å²) in [5, 5.41) is 3.95. The molecule has 0 aliphatic carbocycles. The van der Waals surface area contributed by atoms with Gasteiger partial charge in [0.05, 0.1) is 6.54 Å². The van der Waals surface area contributed by atoms with Gasteiger partial charge < -0.3 is 5.73 Å². The molecule has 0 saturated heterocycles. The standard InChI is InChI=1S/C12H14BrFN4O2S/c13-10-6-9(8-15)12(14)11(7-10)21(19,20)17-3-5-18-4-1-2-16-18/h1-2,4,6-7,17H,3,5,8,15H2. The minimum Gasteiger partial charge on any atom is -0.326 e. The van der Waals surface area contributed by atoms with Gasteiger partial charge in [-0.3, -0.25) is 4.68 Å². The predicted octanol–water partition coefficient (Wildman–Crippen LogP) is 1.22. The Hall–Kier alpha value is -1.29. The van der Waals surface area contributed by atoms with E-state index in [9.17, 15) is 12.8 Å². The minimum absolute atomic E-state index is 0.0823. The van der Waals surface area contributed by atoms with Crippen molar-refractivity contribution < 1.29 is 12.8 Å². The Balaban J connectivity index is 2.17. The molecule has 1 aromatic carbocycles. The van der Waals surface area contributed by atoms with E-state index in [1.165, 1.54) is 12.1 Å². The molecular weight excluding hydrogens is 363 g/mol. The van der Waals surface area contributed by atoms with Gasteiger partial charge in [-0.25, -0.2) is 17.5 Å². The van der Waals surface area contributed by atoms with Gasteiger partial charge in [0.2, 0.25) is 10.0 Å². The lowest BCUT2D eigenvalue weighted by molar-refractivity contribution is 0.540.